The molecule has 3 rings (SSSR count). The molecular weight excluding hydrogens is 333 g/mol. The molecule has 0 amide bonds. The van der Waals surface area contributed by atoms with E-state index in [-0.39, 0.29) is 11.6 Å². The molecule has 0 fully saturated rings. The summed E-state index contributed by atoms with van der Waals surface area (Å²) in [7, 11) is 0. The van der Waals surface area contributed by atoms with Crippen LogP contribution in [0.5, 0.6) is 0 Å². The summed E-state index contributed by atoms with van der Waals surface area (Å²) < 4.78 is 0. The lowest BCUT2D eigenvalue weighted by molar-refractivity contribution is 0.0971. The summed E-state index contributed by atoms with van der Waals surface area (Å²) in [4.78, 5) is 12.7. The first-order valence-corrected chi connectivity index (χ1v) is 7.67. The Morgan fingerprint density at radius 3 is 2.57 bits per heavy atom. The Labute approximate surface area is 143 Å². The molecule has 1 aliphatic heterocycles. The summed E-state index contributed by atoms with van der Waals surface area (Å²) in [5.74, 6) is -0.689. The van der Waals surface area contributed by atoms with Gasteiger partial charge in [-0.2, -0.15) is 5.10 Å². The third-order valence-corrected chi connectivity index (χ3v) is 4.02. The second-order valence-corrected chi connectivity index (χ2v) is 5.86. The predicted octanol–water partition coefficient (Wildman–Crippen LogP) is 4.10. The molecular formula is C17H13Cl2N3O. The first kappa shape index (κ1) is 15.6. The minimum Gasteiger partial charge on any atom is -0.385 e. The monoisotopic (exact) mass is 345 g/mol. The molecule has 2 aromatic rings. The lowest BCUT2D eigenvalue weighted by atomic mass is 9.96. The number of nitrogens with zero attached hydrogens (tertiary/aromatic N) is 2. The number of hydrogen-bond acceptors (Lipinski definition) is 4. The van der Waals surface area contributed by atoms with Crippen molar-refractivity contribution in [2.24, 2.45) is 16.8 Å². The third-order valence-electron chi connectivity index (χ3n) is 3.46. The van der Waals surface area contributed by atoms with Crippen LogP contribution in [0.15, 0.2) is 65.9 Å². The van der Waals surface area contributed by atoms with Gasteiger partial charge in [0.05, 0.1) is 10.7 Å². The Kier molecular flexibility index (Phi) is 4.37. The van der Waals surface area contributed by atoms with Crippen LogP contribution in [0.25, 0.3) is 0 Å². The van der Waals surface area contributed by atoms with E-state index < -0.39 is 5.92 Å². The van der Waals surface area contributed by atoms with Gasteiger partial charge in [-0.15, -0.1) is 0 Å². The maximum Gasteiger partial charge on any atom is 0.178 e. The maximum atomic E-state index is 12.7. The molecule has 2 aromatic carbocycles. The fourth-order valence-corrected chi connectivity index (χ4v) is 2.67. The number of rotatable bonds is 3. The number of para-hydroxylation sites is 1. The van der Waals surface area contributed by atoms with Crippen LogP contribution < -0.4 is 10.7 Å². The number of Topliss-reactive ketones (excluding diaryl/α,β-unsaturated/α-hetero) is 1. The predicted molar refractivity (Wildman–Crippen MR) is 94.0 cm³/mol. The lowest BCUT2D eigenvalue weighted by Gasteiger charge is -2.23. The molecule has 0 aliphatic carbocycles. The Morgan fingerprint density at radius 2 is 1.87 bits per heavy atom. The summed E-state index contributed by atoms with van der Waals surface area (Å²) in [5, 5.41) is 6.68. The molecule has 0 bridgehead atoms. The molecule has 0 aromatic heterocycles. The third kappa shape index (κ3) is 3.23. The lowest BCUT2D eigenvalue weighted by Crippen LogP contribution is -2.34. The van der Waals surface area contributed by atoms with Crippen LogP contribution in [0, 0.1) is 5.92 Å². The van der Waals surface area contributed by atoms with Crippen molar-refractivity contribution in [2.75, 3.05) is 5.01 Å². The Bertz CT molecular complexity index is 803. The van der Waals surface area contributed by atoms with Gasteiger partial charge in [0.15, 0.2) is 5.78 Å². The van der Waals surface area contributed by atoms with Crippen molar-refractivity contribution in [3.63, 3.8) is 0 Å². The van der Waals surface area contributed by atoms with Crippen LogP contribution in [0.1, 0.15) is 10.4 Å². The molecule has 1 aliphatic rings. The van der Waals surface area contributed by atoms with E-state index in [9.17, 15) is 4.79 Å². The zero-order valence-electron chi connectivity index (χ0n) is 12.0. The largest absolute Gasteiger partial charge is 0.385 e. The topological polar surface area (TPSA) is 58.7 Å². The summed E-state index contributed by atoms with van der Waals surface area (Å²) in [5.41, 5.74) is 7.19. The number of amidine groups is 1. The van der Waals surface area contributed by atoms with E-state index in [4.69, 9.17) is 28.9 Å². The van der Waals surface area contributed by atoms with E-state index in [2.05, 4.69) is 5.10 Å². The minimum atomic E-state index is -0.661. The number of benzene rings is 2. The van der Waals surface area contributed by atoms with Gasteiger partial charge in [0.25, 0.3) is 0 Å². The summed E-state index contributed by atoms with van der Waals surface area (Å²) in [6.45, 7) is 0. The Balaban J connectivity index is 1.87. The van der Waals surface area contributed by atoms with Crippen molar-refractivity contribution in [2.45, 2.75) is 0 Å². The minimum absolute atomic E-state index is 0.206. The van der Waals surface area contributed by atoms with Crippen LogP contribution in [0.4, 0.5) is 5.69 Å². The number of ketones is 1. The van der Waals surface area contributed by atoms with Gasteiger partial charge in [-0.25, -0.2) is 5.01 Å². The van der Waals surface area contributed by atoms with Gasteiger partial charge >= 0.3 is 0 Å². The van der Waals surface area contributed by atoms with Crippen LogP contribution in [0.3, 0.4) is 0 Å². The number of carbonyl (C=O) groups excluding carboxylic acids is 1. The van der Waals surface area contributed by atoms with Gasteiger partial charge in [-0.3, -0.25) is 4.79 Å². The molecule has 116 valence electrons. The first-order chi connectivity index (χ1) is 11.1. The van der Waals surface area contributed by atoms with E-state index in [1.807, 2.05) is 30.3 Å². The van der Waals surface area contributed by atoms with Gasteiger partial charge in [-0.1, -0.05) is 41.4 Å². The quantitative estimate of drug-likeness (QED) is 0.852. The van der Waals surface area contributed by atoms with Crippen molar-refractivity contribution in [1.82, 2.24) is 0 Å². The molecule has 0 spiro atoms. The smallest absolute Gasteiger partial charge is 0.178 e. The number of nitrogens with two attached hydrogens (primary N) is 1. The second-order valence-electron chi connectivity index (χ2n) is 5.01. The van der Waals surface area contributed by atoms with Crippen LogP contribution in [0.2, 0.25) is 10.0 Å². The molecule has 6 heteroatoms. The normalized spacial score (nSPS) is 17.0. The molecule has 2 N–H and O–H groups in total. The SMILES string of the molecule is NC1=NN(c2ccccc2)C=CC1C(=O)c1cc(Cl)ccc1Cl. The number of halogens is 2. The fraction of sp³-hybridized carbons (Fsp3) is 0.0588. The molecule has 0 saturated heterocycles. The zero-order chi connectivity index (χ0) is 16.4. The molecule has 1 unspecified atom stereocenters. The molecule has 4 nitrogen and oxygen atoms in total. The highest BCUT2D eigenvalue weighted by atomic mass is 35.5. The summed E-state index contributed by atoms with van der Waals surface area (Å²) in [6.07, 6.45) is 3.42. The van der Waals surface area contributed by atoms with E-state index in [0.29, 0.717) is 15.6 Å². The fourth-order valence-electron chi connectivity index (χ4n) is 2.29. The highest BCUT2D eigenvalue weighted by Crippen LogP contribution is 2.26. The van der Waals surface area contributed by atoms with Crippen LogP contribution in [-0.2, 0) is 0 Å². The van der Waals surface area contributed by atoms with Gasteiger partial charge < -0.3 is 5.73 Å². The molecule has 0 saturated carbocycles. The van der Waals surface area contributed by atoms with Gasteiger partial charge in [-0.05, 0) is 36.4 Å². The Hall–Kier alpha value is -2.30. The van der Waals surface area contributed by atoms with E-state index in [1.54, 1.807) is 29.4 Å². The van der Waals surface area contributed by atoms with E-state index in [1.165, 1.54) is 6.07 Å². The summed E-state index contributed by atoms with van der Waals surface area (Å²) >= 11 is 12.0. The highest BCUT2D eigenvalue weighted by Gasteiger charge is 2.26. The number of hydrogen-bond donors (Lipinski definition) is 1. The van der Waals surface area contributed by atoms with Crippen LogP contribution in [-0.4, -0.2) is 11.6 Å². The molecule has 1 heterocycles. The van der Waals surface area contributed by atoms with Crippen molar-refractivity contribution < 1.29 is 4.79 Å². The van der Waals surface area contributed by atoms with E-state index >= 15 is 0 Å². The molecule has 1 atom stereocenters. The van der Waals surface area contributed by atoms with Crippen molar-refractivity contribution >= 4 is 40.5 Å². The Morgan fingerprint density at radius 1 is 1.13 bits per heavy atom. The highest BCUT2D eigenvalue weighted by molar-refractivity contribution is 6.36. The first-order valence-electron chi connectivity index (χ1n) is 6.92. The average molecular weight is 346 g/mol. The van der Waals surface area contributed by atoms with Gasteiger partial charge in [0, 0.05) is 16.8 Å². The van der Waals surface area contributed by atoms with E-state index in [0.717, 1.165) is 5.69 Å². The van der Waals surface area contributed by atoms with Crippen molar-refractivity contribution in [1.29, 1.82) is 0 Å². The zero-order valence-corrected chi connectivity index (χ0v) is 13.5. The van der Waals surface area contributed by atoms with Crippen molar-refractivity contribution in [3.05, 3.63) is 76.4 Å². The molecule has 0 radical (unpaired) electrons. The number of anilines is 1. The summed E-state index contributed by atoms with van der Waals surface area (Å²) in [6, 6.07) is 14.3. The standard InChI is InChI=1S/C17H13Cl2N3O/c18-11-6-7-15(19)14(10-11)16(23)13-8-9-22(21-17(13)20)12-4-2-1-3-5-12/h1-10,13H,(H2,20,21). The van der Waals surface area contributed by atoms with Crippen LogP contribution >= 0.6 is 23.2 Å². The van der Waals surface area contributed by atoms with Crippen molar-refractivity contribution in [3.8, 4) is 0 Å². The molecule has 23 heavy (non-hydrogen) atoms. The number of carbonyl (C=O) groups is 1. The average Bonchev–Trinajstić information content (AvgIpc) is 2.57. The number of hydrazone groups is 1. The second kappa shape index (κ2) is 6.44. The maximum absolute atomic E-state index is 12.7. The van der Waals surface area contributed by atoms with Gasteiger partial charge in [0.1, 0.15) is 11.8 Å². The van der Waals surface area contributed by atoms with Gasteiger partial charge in [0.2, 0.25) is 0 Å².